The molecule has 0 radical (unpaired) electrons. The summed E-state index contributed by atoms with van der Waals surface area (Å²) in [5.41, 5.74) is 0. The lowest BCUT2D eigenvalue weighted by Gasteiger charge is -2.15. The Morgan fingerprint density at radius 1 is 1.58 bits per heavy atom. The lowest BCUT2D eigenvalue weighted by atomic mass is 10.2. The van der Waals surface area contributed by atoms with Gasteiger partial charge >= 0.3 is 6.03 Å². The molecule has 0 saturated carbocycles. The molecule has 19 heavy (non-hydrogen) atoms. The number of rotatable bonds is 8. The highest BCUT2D eigenvalue weighted by Gasteiger charge is 2.09. The summed E-state index contributed by atoms with van der Waals surface area (Å²) in [5.74, 6) is 0. The number of aliphatic hydroxyl groups is 1. The molecule has 108 valence electrons. The number of methoxy groups -OCH3 is 1. The summed E-state index contributed by atoms with van der Waals surface area (Å²) in [5, 5.41) is 17.0. The molecule has 0 aliphatic heterocycles. The fraction of sp³-hybridized carbons (Fsp3) is 0.615. The van der Waals surface area contributed by atoms with Crippen LogP contribution in [0.2, 0.25) is 0 Å². The highest BCUT2D eigenvalue weighted by atomic mass is 32.1. The van der Waals surface area contributed by atoms with Crippen molar-refractivity contribution in [1.29, 1.82) is 0 Å². The number of carbonyl (C=O) groups excluding carboxylic acids is 1. The Bertz CT molecular complexity index is 357. The Kier molecular flexibility index (Phi) is 7.47. The van der Waals surface area contributed by atoms with Gasteiger partial charge in [-0.2, -0.15) is 0 Å². The van der Waals surface area contributed by atoms with Crippen molar-refractivity contribution in [2.75, 3.05) is 20.3 Å². The number of ether oxygens (including phenoxy) is 1. The van der Waals surface area contributed by atoms with Gasteiger partial charge in [-0.1, -0.05) is 6.07 Å². The van der Waals surface area contributed by atoms with Crippen LogP contribution in [0.5, 0.6) is 0 Å². The molecular formula is C13H22N2O3S. The largest absolute Gasteiger partial charge is 0.391 e. The van der Waals surface area contributed by atoms with Crippen LogP contribution in [0.25, 0.3) is 0 Å². The molecule has 2 amide bonds. The fourth-order valence-electron chi connectivity index (χ4n) is 1.68. The zero-order valence-electron chi connectivity index (χ0n) is 11.4. The maximum atomic E-state index is 11.6. The van der Waals surface area contributed by atoms with Gasteiger partial charge in [-0.3, -0.25) is 0 Å². The van der Waals surface area contributed by atoms with Crippen molar-refractivity contribution in [1.82, 2.24) is 10.6 Å². The fourth-order valence-corrected chi connectivity index (χ4v) is 2.52. The van der Waals surface area contributed by atoms with Gasteiger partial charge in [-0.15, -0.1) is 11.3 Å². The van der Waals surface area contributed by atoms with Crippen LogP contribution in [0.15, 0.2) is 17.5 Å². The maximum absolute atomic E-state index is 11.6. The molecule has 1 rings (SSSR count). The molecule has 2 unspecified atom stereocenters. The van der Waals surface area contributed by atoms with E-state index >= 15 is 0 Å². The van der Waals surface area contributed by atoms with Gasteiger partial charge in [0.1, 0.15) is 0 Å². The van der Waals surface area contributed by atoms with E-state index in [-0.39, 0.29) is 18.7 Å². The Labute approximate surface area is 118 Å². The minimum Gasteiger partial charge on any atom is -0.391 e. The number of aliphatic hydroxyl groups excluding tert-OH is 1. The van der Waals surface area contributed by atoms with Gasteiger partial charge in [0, 0.05) is 31.0 Å². The van der Waals surface area contributed by atoms with E-state index in [0.29, 0.717) is 13.0 Å². The van der Waals surface area contributed by atoms with E-state index in [2.05, 4.69) is 16.7 Å². The van der Waals surface area contributed by atoms with E-state index in [4.69, 9.17) is 4.74 Å². The van der Waals surface area contributed by atoms with Gasteiger partial charge in [0.2, 0.25) is 0 Å². The lowest BCUT2D eigenvalue weighted by molar-refractivity contribution is 0.0598. The third-order valence-corrected chi connectivity index (χ3v) is 3.49. The third-order valence-electron chi connectivity index (χ3n) is 2.59. The highest BCUT2D eigenvalue weighted by Crippen LogP contribution is 2.10. The van der Waals surface area contributed by atoms with Crippen molar-refractivity contribution in [2.45, 2.75) is 31.9 Å². The smallest absolute Gasteiger partial charge is 0.315 e. The second-order valence-electron chi connectivity index (χ2n) is 4.48. The second kappa shape index (κ2) is 8.90. The van der Waals surface area contributed by atoms with Crippen LogP contribution < -0.4 is 10.6 Å². The van der Waals surface area contributed by atoms with Crippen molar-refractivity contribution >= 4 is 17.4 Å². The molecule has 0 aliphatic rings. The molecule has 6 heteroatoms. The quantitative estimate of drug-likeness (QED) is 0.676. The molecule has 3 N–H and O–H groups in total. The SMILES string of the molecule is COCC(O)CCNC(=O)NC(C)Cc1cccs1. The summed E-state index contributed by atoms with van der Waals surface area (Å²) in [6.45, 7) is 2.69. The number of hydrogen-bond donors (Lipinski definition) is 3. The standard InChI is InChI=1S/C13H22N2O3S/c1-10(8-12-4-3-7-19-12)15-13(17)14-6-5-11(16)9-18-2/h3-4,7,10-11,16H,5-6,8-9H2,1-2H3,(H2,14,15,17). The average molecular weight is 286 g/mol. The Morgan fingerprint density at radius 3 is 3.00 bits per heavy atom. The summed E-state index contributed by atoms with van der Waals surface area (Å²) in [4.78, 5) is 12.8. The van der Waals surface area contributed by atoms with Gasteiger partial charge in [0.25, 0.3) is 0 Å². The van der Waals surface area contributed by atoms with E-state index in [1.807, 2.05) is 18.4 Å². The van der Waals surface area contributed by atoms with E-state index in [9.17, 15) is 9.90 Å². The number of nitrogens with one attached hydrogen (secondary N) is 2. The normalized spacial score (nSPS) is 13.8. The van der Waals surface area contributed by atoms with Crippen LogP contribution in [-0.2, 0) is 11.2 Å². The molecular weight excluding hydrogens is 264 g/mol. The average Bonchev–Trinajstić information content (AvgIpc) is 2.81. The van der Waals surface area contributed by atoms with Crippen LogP contribution in [0.1, 0.15) is 18.2 Å². The molecule has 5 nitrogen and oxygen atoms in total. The number of hydrogen-bond acceptors (Lipinski definition) is 4. The molecule has 0 aliphatic carbocycles. The first kappa shape index (κ1) is 15.9. The molecule has 0 fully saturated rings. The van der Waals surface area contributed by atoms with Crippen LogP contribution >= 0.6 is 11.3 Å². The Hall–Kier alpha value is -1.11. The van der Waals surface area contributed by atoms with Gasteiger partial charge in [-0.25, -0.2) is 4.79 Å². The second-order valence-corrected chi connectivity index (χ2v) is 5.51. The highest BCUT2D eigenvalue weighted by molar-refractivity contribution is 7.09. The summed E-state index contributed by atoms with van der Waals surface area (Å²) in [6.07, 6.45) is 0.784. The number of carbonyl (C=O) groups is 1. The van der Waals surface area contributed by atoms with E-state index in [0.717, 1.165) is 6.42 Å². The van der Waals surface area contributed by atoms with Crippen molar-refractivity contribution in [3.05, 3.63) is 22.4 Å². The molecule has 0 spiro atoms. The van der Waals surface area contributed by atoms with Crippen molar-refractivity contribution in [2.24, 2.45) is 0 Å². The Morgan fingerprint density at radius 2 is 2.37 bits per heavy atom. The first-order valence-electron chi connectivity index (χ1n) is 6.35. The van der Waals surface area contributed by atoms with Crippen molar-refractivity contribution < 1.29 is 14.6 Å². The molecule has 1 heterocycles. The molecule has 0 bridgehead atoms. The summed E-state index contributed by atoms with van der Waals surface area (Å²) in [7, 11) is 1.54. The molecule has 1 aromatic heterocycles. The van der Waals surface area contributed by atoms with E-state index in [1.54, 1.807) is 11.3 Å². The molecule has 2 atom stereocenters. The number of urea groups is 1. The Balaban J connectivity index is 2.13. The van der Waals surface area contributed by atoms with Crippen molar-refractivity contribution in [3.8, 4) is 0 Å². The lowest BCUT2D eigenvalue weighted by Crippen LogP contribution is -2.42. The predicted molar refractivity (Wildman–Crippen MR) is 76.5 cm³/mol. The van der Waals surface area contributed by atoms with Gasteiger partial charge in [0.15, 0.2) is 0 Å². The molecule has 0 aromatic carbocycles. The van der Waals surface area contributed by atoms with Gasteiger partial charge < -0.3 is 20.5 Å². The summed E-state index contributed by atoms with van der Waals surface area (Å²) >= 11 is 1.69. The monoisotopic (exact) mass is 286 g/mol. The number of amides is 2. The first-order valence-corrected chi connectivity index (χ1v) is 7.23. The predicted octanol–water partition coefficient (Wildman–Crippen LogP) is 1.38. The summed E-state index contributed by atoms with van der Waals surface area (Å²) < 4.78 is 4.81. The zero-order valence-corrected chi connectivity index (χ0v) is 12.2. The van der Waals surface area contributed by atoms with Gasteiger partial charge in [-0.05, 0) is 24.8 Å². The minimum atomic E-state index is -0.533. The number of thiophene rings is 1. The van der Waals surface area contributed by atoms with Crippen LogP contribution in [0.3, 0.4) is 0 Å². The molecule has 1 aromatic rings. The molecule has 0 saturated heterocycles. The topological polar surface area (TPSA) is 70.6 Å². The van der Waals surface area contributed by atoms with E-state index < -0.39 is 6.10 Å². The summed E-state index contributed by atoms with van der Waals surface area (Å²) in [6, 6.07) is 3.95. The first-order chi connectivity index (χ1) is 9.11. The zero-order chi connectivity index (χ0) is 14.1. The van der Waals surface area contributed by atoms with Gasteiger partial charge in [0.05, 0.1) is 12.7 Å². The maximum Gasteiger partial charge on any atom is 0.315 e. The minimum absolute atomic E-state index is 0.0857. The third kappa shape index (κ3) is 7.15. The van der Waals surface area contributed by atoms with Crippen LogP contribution in [-0.4, -0.2) is 43.5 Å². The van der Waals surface area contributed by atoms with Crippen LogP contribution in [0.4, 0.5) is 4.79 Å². The van der Waals surface area contributed by atoms with Crippen molar-refractivity contribution in [3.63, 3.8) is 0 Å². The van der Waals surface area contributed by atoms with Crippen LogP contribution in [0, 0.1) is 0 Å². The van der Waals surface area contributed by atoms with E-state index in [1.165, 1.54) is 12.0 Å².